The number of hydrogen-bond acceptors (Lipinski definition) is 5. The third-order valence-corrected chi connectivity index (χ3v) is 5.83. The zero-order chi connectivity index (χ0) is 24.3. The average molecular weight is 459 g/mol. The molecule has 176 valence electrons. The molecule has 1 fully saturated rings. The topological polar surface area (TPSA) is 104 Å². The minimum Gasteiger partial charge on any atom is -0.378 e. The molecule has 1 aliphatic heterocycles. The summed E-state index contributed by atoms with van der Waals surface area (Å²) in [6, 6.07) is 9.41. The fraction of sp³-hybridized carbons (Fsp3) is 0.375. The first-order valence-corrected chi connectivity index (χ1v) is 10.7. The summed E-state index contributed by atoms with van der Waals surface area (Å²) in [7, 11) is 1.58. The summed E-state index contributed by atoms with van der Waals surface area (Å²) in [5, 5.41) is 10.6. The Morgan fingerprint density at radius 3 is 2.27 bits per heavy atom. The van der Waals surface area contributed by atoms with Gasteiger partial charge in [-0.3, -0.25) is 19.3 Å². The van der Waals surface area contributed by atoms with Crippen molar-refractivity contribution in [1.29, 1.82) is 0 Å². The Labute approximate surface area is 190 Å². The van der Waals surface area contributed by atoms with Crippen LogP contribution < -0.4 is 5.73 Å². The van der Waals surface area contributed by atoms with Gasteiger partial charge in [0.2, 0.25) is 11.8 Å². The maximum absolute atomic E-state index is 13.6. The lowest BCUT2D eigenvalue weighted by molar-refractivity contribution is -0.159. The van der Waals surface area contributed by atoms with Gasteiger partial charge in [0.1, 0.15) is 17.7 Å². The van der Waals surface area contributed by atoms with Crippen LogP contribution in [-0.4, -0.2) is 58.3 Å². The number of aliphatic hydroxyl groups excluding tert-OH is 1. The number of likely N-dealkylation sites (tertiary alicyclic amines) is 1. The van der Waals surface area contributed by atoms with E-state index < -0.39 is 47.5 Å². The normalized spacial score (nSPS) is 20.7. The molecular formula is C24H27F2N3O4. The Balaban J connectivity index is 1.94. The summed E-state index contributed by atoms with van der Waals surface area (Å²) >= 11 is 0. The third-order valence-electron chi connectivity index (χ3n) is 5.83. The van der Waals surface area contributed by atoms with E-state index in [4.69, 9.17) is 5.73 Å². The second kappa shape index (κ2) is 10.2. The first-order chi connectivity index (χ1) is 15.6. The quantitative estimate of drug-likeness (QED) is 0.713. The second-order valence-electron chi connectivity index (χ2n) is 8.36. The molecule has 0 aromatic heterocycles. The van der Waals surface area contributed by atoms with Gasteiger partial charge in [0.05, 0.1) is 6.04 Å². The summed E-state index contributed by atoms with van der Waals surface area (Å²) in [6.45, 7) is 1.74. The van der Waals surface area contributed by atoms with Crippen LogP contribution in [0.4, 0.5) is 8.78 Å². The molecule has 3 N–H and O–H groups in total. The molecule has 3 rings (SSSR count). The van der Waals surface area contributed by atoms with Crippen molar-refractivity contribution >= 4 is 17.7 Å². The van der Waals surface area contributed by atoms with Gasteiger partial charge in [0, 0.05) is 25.6 Å². The predicted octanol–water partition coefficient (Wildman–Crippen LogP) is 2.11. The van der Waals surface area contributed by atoms with E-state index in [2.05, 4.69) is 0 Å². The Kier molecular flexibility index (Phi) is 7.55. The largest absolute Gasteiger partial charge is 0.378 e. The van der Waals surface area contributed by atoms with E-state index in [0.717, 1.165) is 17.7 Å². The molecule has 7 nitrogen and oxygen atoms in total. The van der Waals surface area contributed by atoms with E-state index in [-0.39, 0.29) is 17.9 Å². The number of benzene rings is 2. The number of nitrogens with two attached hydrogens (primary N) is 1. The number of hydrogen-bond donors (Lipinski definition) is 2. The van der Waals surface area contributed by atoms with Crippen molar-refractivity contribution in [3.05, 3.63) is 71.3 Å². The number of carbonyl (C=O) groups excluding carboxylic acids is 3. The Bertz CT molecular complexity index is 1010. The van der Waals surface area contributed by atoms with E-state index >= 15 is 0 Å². The molecule has 9 heteroatoms. The highest BCUT2D eigenvalue weighted by Crippen LogP contribution is 2.30. The zero-order valence-corrected chi connectivity index (χ0v) is 18.4. The van der Waals surface area contributed by atoms with Crippen molar-refractivity contribution in [2.24, 2.45) is 5.73 Å². The van der Waals surface area contributed by atoms with Crippen LogP contribution in [0.15, 0.2) is 48.5 Å². The van der Waals surface area contributed by atoms with Gasteiger partial charge in [0.15, 0.2) is 6.10 Å². The molecule has 0 aliphatic carbocycles. The van der Waals surface area contributed by atoms with Crippen molar-refractivity contribution < 1.29 is 28.3 Å². The SMILES string of the molecule is C[C@H](N)C(=O)N(C(=O)[C@H](O)c1cc(F)cc(F)c1)[C@H]1CC[C@H](c2ccccc2)CN(C)C1=O. The van der Waals surface area contributed by atoms with Crippen LogP contribution in [0.5, 0.6) is 0 Å². The molecule has 2 aromatic carbocycles. The first-order valence-electron chi connectivity index (χ1n) is 10.7. The molecule has 1 heterocycles. The van der Waals surface area contributed by atoms with Gasteiger partial charge in [-0.1, -0.05) is 30.3 Å². The minimum atomic E-state index is -2.05. The summed E-state index contributed by atoms with van der Waals surface area (Å²) in [6.07, 6.45) is -1.41. The number of amides is 3. The maximum Gasteiger partial charge on any atom is 0.263 e. The van der Waals surface area contributed by atoms with Gasteiger partial charge in [-0.2, -0.15) is 0 Å². The molecule has 33 heavy (non-hydrogen) atoms. The summed E-state index contributed by atoms with van der Waals surface area (Å²) < 4.78 is 27.3. The highest BCUT2D eigenvalue weighted by molar-refractivity contribution is 6.03. The molecule has 0 unspecified atom stereocenters. The van der Waals surface area contributed by atoms with E-state index in [0.29, 0.717) is 23.9 Å². The van der Waals surface area contributed by atoms with E-state index in [1.54, 1.807) is 7.05 Å². The van der Waals surface area contributed by atoms with Crippen LogP contribution in [0.3, 0.4) is 0 Å². The van der Waals surface area contributed by atoms with Crippen molar-refractivity contribution in [3.63, 3.8) is 0 Å². The third kappa shape index (κ3) is 5.43. The first kappa shape index (κ1) is 24.5. The molecule has 3 amide bonds. The van der Waals surface area contributed by atoms with Crippen LogP contribution in [-0.2, 0) is 14.4 Å². The predicted molar refractivity (Wildman–Crippen MR) is 117 cm³/mol. The van der Waals surface area contributed by atoms with E-state index in [9.17, 15) is 28.3 Å². The van der Waals surface area contributed by atoms with Crippen LogP contribution in [0.2, 0.25) is 0 Å². The van der Waals surface area contributed by atoms with Crippen LogP contribution >= 0.6 is 0 Å². The number of likely N-dealkylation sites (N-methyl/N-ethyl adjacent to an activating group) is 1. The number of imide groups is 1. The van der Waals surface area contributed by atoms with Gasteiger partial charge in [0.25, 0.3) is 5.91 Å². The number of aliphatic hydroxyl groups is 1. The number of halogens is 2. The second-order valence-corrected chi connectivity index (χ2v) is 8.36. The van der Waals surface area contributed by atoms with E-state index in [1.807, 2.05) is 30.3 Å². The van der Waals surface area contributed by atoms with Gasteiger partial charge in [-0.15, -0.1) is 0 Å². The Morgan fingerprint density at radius 2 is 1.70 bits per heavy atom. The molecule has 0 saturated carbocycles. The van der Waals surface area contributed by atoms with Crippen molar-refractivity contribution in [2.75, 3.05) is 13.6 Å². The smallest absolute Gasteiger partial charge is 0.263 e. The van der Waals surface area contributed by atoms with Crippen molar-refractivity contribution in [3.8, 4) is 0 Å². The number of carbonyl (C=O) groups is 3. The molecule has 1 aliphatic rings. The Hall–Kier alpha value is -3.17. The molecular weight excluding hydrogens is 432 g/mol. The molecule has 0 spiro atoms. The highest BCUT2D eigenvalue weighted by Gasteiger charge is 2.42. The number of nitrogens with zero attached hydrogens (tertiary/aromatic N) is 2. The molecule has 2 aromatic rings. The average Bonchev–Trinajstić information content (AvgIpc) is 2.92. The van der Waals surface area contributed by atoms with Crippen LogP contribution in [0.1, 0.15) is 42.9 Å². The van der Waals surface area contributed by atoms with Gasteiger partial charge in [-0.25, -0.2) is 8.78 Å². The van der Waals surface area contributed by atoms with Crippen LogP contribution in [0, 0.1) is 11.6 Å². The minimum absolute atomic E-state index is 0.0188. The van der Waals surface area contributed by atoms with Crippen molar-refractivity contribution in [2.45, 2.75) is 43.9 Å². The fourth-order valence-corrected chi connectivity index (χ4v) is 4.13. The fourth-order valence-electron chi connectivity index (χ4n) is 4.13. The van der Waals surface area contributed by atoms with Crippen LogP contribution in [0.25, 0.3) is 0 Å². The monoisotopic (exact) mass is 459 g/mol. The summed E-state index contributed by atoms with van der Waals surface area (Å²) in [4.78, 5) is 41.4. The molecule has 1 saturated heterocycles. The number of rotatable bonds is 5. The lowest BCUT2D eigenvalue weighted by Gasteiger charge is -2.32. The van der Waals surface area contributed by atoms with Crippen molar-refractivity contribution in [1.82, 2.24) is 9.80 Å². The van der Waals surface area contributed by atoms with Gasteiger partial charge in [-0.05, 0) is 43.0 Å². The zero-order valence-electron chi connectivity index (χ0n) is 18.4. The van der Waals surface area contributed by atoms with E-state index in [1.165, 1.54) is 11.8 Å². The Morgan fingerprint density at radius 1 is 1.09 bits per heavy atom. The van der Waals surface area contributed by atoms with Gasteiger partial charge < -0.3 is 15.7 Å². The maximum atomic E-state index is 13.6. The standard InChI is InChI=1S/C24H27F2N3O4/c1-14(27)22(31)29(24(33)21(30)17-10-18(25)12-19(26)11-17)20-9-8-16(13-28(2)23(20)32)15-6-4-3-5-7-15/h3-7,10-12,14,16,20-21,30H,8-9,13,27H2,1-2H3/t14-,16-,20-,21+/m0/s1. The lowest BCUT2D eigenvalue weighted by Crippen LogP contribution is -2.56. The lowest BCUT2D eigenvalue weighted by atomic mass is 9.93. The molecule has 0 radical (unpaired) electrons. The van der Waals surface area contributed by atoms with Gasteiger partial charge >= 0.3 is 0 Å². The molecule has 4 atom stereocenters. The summed E-state index contributed by atoms with van der Waals surface area (Å²) in [5.74, 6) is -4.49. The molecule has 0 bridgehead atoms. The highest BCUT2D eigenvalue weighted by atomic mass is 19.1. The summed E-state index contributed by atoms with van der Waals surface area (Å²) in [5.41, 5.74) is 6.39.